The molecule has 0 spiro atoms. The fourth-order valence-electron chi connectivity index (χ4n) is 2.66. The number of hydrogen-bond donors (Lipinski definition) is 1. The fraction of sp³-hybridized carbons (Fsp3) is 0.294. The molecule has 0 atom stereocenters. The number of carbonyl (C=O) groups excluding carboxylic acids is 2. The first-order valence-corrected chi connectivity index (χ1v) is 8.08. The molecule has 1 fully saturated rings. The summed E-state index contributed by atoms with van der Waals surface area (Å²) in [5, 5.41) is 2.12. The molecule has 1 N–H and O–H groups in total. The summed E-state index contributed by atoms with van der Waals surface area (Å²) in [4.78, 5) is 36.0. The van der Waals surface area contributed by atoms with Crippen LogP contribution in [0.1, 0.15) is 6.42 Å². The van der Waals surface area contributed by atoms with E-state index in [1.165, 1.54) is 11.0 Å². The largest absolute Gasteiger partial charge is 0.339 e. The van der Waals surface area contributed by atoms with Crippen LogP contribution < -0.4 is 10.2 Å². The zero-order chi connectivity index (χ0) is 18.5. The number of hydrogen-bond acceptors (Lipinski definition) is 5. The van der Waals surface area contributed by atoms with Crippen molar-refractivity contribution in [3.8, 4) is 0 Å². The molecule has 1 aliphatic heterocycles. The Kier molecular flexibility index (Phi) is 5.35. The number of aromatic nitrogens is 2. The summed E-state index contributed by atoms with van der Waals surface area (Å²) >= 11 is 0. The number of nitrogens with one attached hydrogen (secondary N) is 1. The molecule has 1 aliphatic rings. The molecule has 0 aliphatic carbocycles. The van der Waals surface area contributed by atoms with Gasteiger partial charge in [0, 0.05) is 38.6 Å². The van der Waals surface area contributed by atoms with Gasteiger partial charge in [0.25, 0.3) is 0 Å². The van der Waals surface area contributed by atoms with Crippen LogP contribution in [0.2, 0.25) is 0 Å². The van der Waals surface area contributed by atoms with Gasteiger partial charge in [-0.15, -0.1) is 0 Å². The van der Waals surface area contributed by atoms with Crippen LogP contribution in [0.3, 0.4) is 0 Å². The minimum Gasteiger partial charge on any atom is -0.339 e. The molecule has 0 bridgehead atoms. The van der Waals surface area contributed by atoms with E-state index < -0.39 is 35.6 Å². The standard InChI is InChI=1S/C17H17F2N5O2/c18-12-3-1-4-13(19)16(12)22-14(25)11-15(26)23-7-9-24(10-8-23)17-20-5-2-6-21-17/h1-6H,7-11H2,(H,22,25). The maximum atomic E-state index is 13.5. The van der Waals surface area contributed by atoms with Gasteiger partial charge >= 0.3 is 0 Å². The molecular weight excluding hydrogens is 344 g/mol. The Bertz CT molecular complexity index is 775. The van der Waals surface area contributed by atoms with Crippen molar-refractivity contribution < 1.29 is 18.4 Å². The van der Waals surface area contributed by atoms with Crippen LogP contribution in [-0.4, -0.2) is 52.9 Å². The highest BCUT2D eigenvalue weighted by atomic mass is 19.1. The van der Waals surface area contributed by atoms with E-state index in [4.69, 9.17) is 0 Å². The van der Waals surface area contributed by atoms with Crippen molar-refractivity contribution in [3.63, 3.8) is 0 Å². The van der Waals surface area contributed by atoms with Crippen molar-refractivity contribution in [3.05, 3.63) is 48.3 Å². The normalized spacial score (nSPS) is 14.2. The Balaban J connectivity index is 1.52. The Labute approximate surface area is 148 Å². The number of piperazine rings is 1. The van der Waals surface area contributed by atoms with Crippen molar-refractivity contribution in [2.75, 3.05) is 36.4 Å². The van der Waals surface area contributed by atoms with Gasteiger partial charge in [-0.05, 0) is 18.2 Å². The molecule has 7 nitrogen and oxygen atoms in total. The van der Waals surface area contributed by atoms with E-state index >= 15 is 0 Å². The molecule has 2 heterocycles. The molecule has 0 radical (unpaired) electrons. The lowest BCUT2D eigenvalue weighted by Crippen LogP contribution is -2.49. The first-order chi connectivity index (χ1) is 12.5. The second kappa shape index (κ2) is 7.85. The Morgan fingerprint density at radius 3 is 2.23 bits per heavy atom. The molecule has 9 heteroatoms. The zero-order valence-corrected chi connectivity index (χ0v) is 13.9. The SMILES string of the molecule is O=C(CC(=O)N1CCN(c2ncccn2)CC1)Nc1c(F)cccc1F. The van der Waals surface area contributed by atoms with E-state index in [1.807, 2.05) is 4.90 Å². The second-order valence-corrected chi connectivity index (χ2v) is 5.74. The van der Waals surface area contributed by atoms with Crippen LogP contribution in [0.5, 0.6) is 0 Å². The summed E-state index contributed by atoms with van der Waals surface area (Å²) in [6.07, 6.45) is 2.81. The minimum absolute atomic E-state index is 0.395. The van der Waals surface area contributed by atoms with Crippen molar-refractivity contribution in [2.45, 2.75) is 6.42 Å². The van der Waals surface area contributed by atoms with Gasteiger partial charge in [-0.2, -0.15) is 0 Å². The molecule has 3 rings (SSSR count). The maximum Gasteiger partial charge on any atom is 0.233 e. The van der Waals surface area contributed by atoms with Crippen molar-refractivity contribution in [1.29, 1.82) is 0 Å². The van der Waals surface area contributed by atoms with Gasteiger partial charge in [-0.3, -0.25) is 9.59 Å². The van der Waals surface area contributed by atoms with Gasteiger partial charge < -0.3 is 15.1 Å². The molecule has 0 saturated carbocycles. The lowest BCUT2D eigenvalue weighted by Gasteiger charge is -2.34. The van der Waals surface area contributed by atoms with Gasteiger partial charge in [0.15, 0.2) is 0 Å². The third kappa shape index (κ3) is 4.11. The van der Waals surface area contributed by atoms with Crippen LogP contribution in [-0.2, 0) is 9.59 Å². The van der Waals surface area contributed by atoms with E-state index in [2.05, 4.69) is 15.3 Å². The number of benzene rings is 1. The van der Waals surface area contributed by atoms with Gasteiger partial charge in [-0.25, -0.2) is 18.7 Å². The van der Waals surface area contributed by atoms with Crippen LogP contribution in [0.25, 0.3) is 0 Å². The zero-order valence-electron chi connectivity index (χ0n) is 13.9. The summed E-state index contributed by atoms with van der Waals surface area (Å²) in [7, 11) is 0. The fourth-order valence-corrected chi connectivity index (χ4v) is 2.66. The van der Waals surface area contributed by atoms with Gasteiger partial charge in [0.05, 0.1) is 0 Å². The Morgan fingerprint density at radius 1 is 1.00 bits per heavy atom. The summed E-state index contributed by atoms with van der Waals surface area (Å²) in [5.41, 5.74) is -0.545. The molecular formula is C17H17F2N5O2. The molecule has 136 valence electrons. The number of nitrogens with zero attached hydrogens (tertiary/aromatic N) is 4. The van der Waals surface area contributed by atoms with Gasteiger partial charge in [-0.1, -0.05) is 6.07 Å². The van der Waals surface area contributed by atoms with Crippen molar-refractivity contribution in [2.24, 2.45) is 0 Å². The first-order valence-electron chi connectivity index (χ1n) is 8.08. The molecule has 2 aromatic rings. The van der Waals surface area contributed by atoms with E-state index in [1.54, 1.807) is 18.5 Å². The summed E-state index contributed by atoms with van der Waals surface area (Å²) in [5.74, 6) is -2.34. The Morgan fingerprint density at radius 2 is 1.62 bits per heavy atom. The Hall–Kier alpha value is -3.10. The van der Waals surface area contributed by atoms with Gasteiger partial charge in [0.2, 0.25) is 17.8 Å². The number of carbonyl (C=O) groups is 2. The van der Waals surface area contributed by atoms with E-state index in [0.29, 0.717) is 32.1 Å². The monoisotopic (exact) mass is 361 g/mol. The number of amides is 2. The summed E-state index contributed by atoms with van der Waals surface area (Å²) in [6.45, 7) is 1.91. The molecule has 1 aromatic heterocycles. The summed E-state index contributed by atoms with van der Waals surface area (Å²) in [6, 6.07) is 4.98. The predicted molar refractivity (Wildman–Crippen MR) is 90.4 cm³/mol. The first kappa shape index (κ1) is 17.7. The molecule has 1 aromatic carbocycles. The molecule has 26 heavy (non-hydrogen) atoms. The van der Waals surface area contributed by atoms with Gasteiger partial charge in [0.1, 0.15) is 23.7 Å². The van der Waals surface area contributed by atoms with Crippen LogP contribution in [0.4, 0.5) is 20.4 Å². The third-order valence-electron chi connectivity index (χ3n) is 4.01. The summed E-state index contributed by atoms with van der Waals surface area (Å²) < 4.78 is 27.1. The van der Waals surface area contributed by atoms with E-state index in [0.717, 1.165) is 12.1 Å². The van der Waals surface area contributed by atoms with E-state index in [-0.39, 0.29) is 0 Å². The average Bonchev–Trinajstić information content (AvgIpc) is 2.66. The average molecular weight is 361 g/mol. The smallest absolute Gasteiger partial charge is 0.233 e. The second-order valence-electron chi connectivity index (χ2n) is 5.74. The molecule has 0 unspecified atom stereocenters. The topological polar surface area (TPSA) is 78.4 Å². The highest BCUT2D eigenvalue weighted by molar-refractivity contribution is 6.03. The number of halogens is 2. The lowest BCUT2D eigenvalue weighted by molar-refractivity contribution is -0.134. The number of rotatable bonds is 4. The number of anilines is 2. The molecule has 2 amide bonds. The predicted octanol–water partition coefficient (Wildman–Crippen LogP) is 1.43. The lowest BCUT2D eigenvalue weighted by atomic mass is 10.2. The quantitative estimate of drug-likeness (QED) is 0.834. The van der Waals surface area contributed by atoms with Crippen molar-refractivity contribution in [1.82, 2.24) is 14.9 Å². The highest BCUT2D eigenvalue weighted by Gasteiger charge is 2.24. The minimum atomic E-state index is -0.887. The number of para-hydroxylation sites is 1. The van der Waals surface area contributed by atoms with Crippen LogP contribution in [0, 0.1) is 11.6 Å². The molecule has 1 saturated heterocycles. The maximum absolute atomic E-state index is 13.5. The third-order valence-corrected chi connectivity index (χ3v) is 4.01. The highest BCUT2D eigenvalue weighted by Crippen LogP contribution is 2.18. The van der Waals surface area contributed by atoms with Crippen LogP contribution in [0.15, 0.2) is 36.7 Å². The van der Waals surface area contributed by atoms with Crippen LogP contribution >= 0.6 is 0 Å². The van der Waals surface area contributed by atoms with E-state index in [9.17, 15) is 18.4 Å². The van der Waals surface area contributed by atoms with Crippen molar-refractivity contribution >= 4 is 23.5 Å².